The van der Waals surface area contributed by atoms with E-state index in [0.717, 1.165) is 34.0 Å². The van der Waals surface area contributed by atoms with Crippen molar-refractivity contribution in [1.82, 2.24) is 19.9 Å². The van der Waals surface area contributed by atoms with E-state index in [1.54, 1.807) is 24.3 Å². The number of likely N-dealkylation sites (N-methyl/N-ethyl adjacent to an activating group) is 1. The number of primary amides is 1. The van der Waals surface area contributed by atoms with Crippen LogP contribution in [0.15, 0.2) is 60.8 Å². The number of carbonyl (C=O) groups excluding carboxylic acids is 2. The first-order chi connectivity index (χ1) is 19.8. The molecule has 41 heavy (non-hydrogen) atoms. The Bertz CT molecular complexity index is 1760. The summed E-state index contributed by atoms with van der Waals surface area (Å²) in [7, 11) is 5.36. The molecule has 11 nitrogen and oxygen atoms in total. The van der Waals surface area contributed by atoms with Crippen molar-refractivity contribution in [3.63, 3.8) is 0 Å². The van der Waals surface area contributed by atoms with Gasteiger partial charge in [0.25, 0.3) is 5.91 Å². The third-order valence-corrected chi connectivity index (χ3v) is 7.12. The molecule has 3 aliphatic rings. The van der Waals surface area contributed by atoms with Crippen molar-refractivity contribution in [3.05, 3.63) is 71.9 Å². The van der Waals surface area contributed by atoms with Crippen molar-refractivity contribution >= 4 is 51.4 Å². The monoisotopic (exact) mass is 550 g/mol. The molecule has 3 aliphatic heterocycles. The molecule has 2 amide bonds. The first-order valence-corrected chi connectivity index (χ1v) is 13.2. The predicted octanol–water partition coefficient (Wildman–Crippen LogP) is 4.11. The molecular weight excluding hydrogens is 520 g/mol. The van der Waals surface area contributed by atoms with Gasteiger partial charge in [0, 0.05) is 18.4 Å². The van der Waals surface area contributed by atoms with Crippen LogP contribution in [0, 0.1) is 0 Å². The molecule has 3 heterocycles. The number of benzene rings is 3. The van der Waals surface area contributed by atoms with E-state index in [2.05, 4.69) is 20.6 Å². The molecule has 0 aliphatic carbocycles. The van der Waals surface area contributed by atoms with Gasteiger partial charge in [0.1, 0.15) is 17.4 Å². The fraction of sp³-hybridized carbons (Fsp3) is 0.200. The zero-order valence-electron chi connectivity index (χ0n) is 23.0. The highest BCUT2D eigenvalue weighted by molar-refractivity contribution is 6.04. The van der Waals surface area contributed by atoms with Crippen LogP contribution in [0.1, 0.15) is 15.9 Å². The van der Waals surface area contributed by atoms with E-state index < -0.39 is 5.91 Å². The summed E-state index contributed by atoms with van der Waals surface area (Å²) >= 11 is 0. The topological polar surface area (TPSA) is 142 Å². The summed E-state index contributed by atoms with van der Waals surface area (Å²) in [5.74, 6) is 1.57. The van der Waals surface area contributed by atoms with Gasteiger partial charge in [-0.3, -0.25) is 9.59 Å². The van der Waals surface area contributed by atoms with Crippen LogP contribution in [0.5, 0.6) is 5.75 Å². The van der Waals surface area contributed by atoms with Crippen LogP contribution in [0.3, 0.4) is 0 Å². The maximum absolute atomic E-state index is 12.9. The molecule has 5 N–H and O–H groups in total. The molecule has 0 bridgehead atoms. The van der Waals surface area contributed by atoms with Crippen LogP contribution in [0.25, 0.3) is 22.2 Å². The normalized spacial score (nSPS) is 12.6. The summed E-state index contributed by atoms with van der Waals surface area (Å²) in [6.07, 6.45) is 2.43. The molecule has 208 valence electrons. The Morgan fingerprint density at radius 1 is 1.07 bits per heavy atom. The molecule has 0 spiro atoms. The second-order valence-corrected chi connectivity index (χ2v) is 10.2. The number of methoxy groups -OCH3 is 1. The summed E-state index contributed by atoms with van der Waals surface area (Å²) in [4.78, 5) is 41.4. The fourth-order valence-corrected chi connectivity index (χ4v) is 5.19. The van der Waals surface area contributed by atoms with E-state index in [9.17, 15) is 9.59 Å². The lowest BCUT2D eigenvalue weighted by atomic mass is 10.0. The third-order valence-electron chi connectivity index (χ3n) is 7.12. The Kier molecular flexibility index (Phi) is 6.64. The number of aromatic amines is 1. The molecule has 0 unspecified atom stereocenters. The van der Waals surface area contributed by atoms with Crippen molar-refractivity contribution in [2.24, 2.45) is 5.73 Å². The Morgan fingerprint density at radius 3 is 2.59 bits per heavy atom. The minimum atomic E-state index is -0.549. The van der Waals surface area contributed by atoms with E-state index in [0.29, 0.717) is 53.4 Å². The molecule has 0 fully saturated rings. The molecule has 11 heteroatoms. The standard InChI is InChI=1S/C30H30N8O3/c1-37(2)16-26(39)38-11-9-19-14-25(41-3)23(15-24(19)38)34-30-35-28-20(8-10-32-28)29(36-30)33-22-13-18-7-5-4-6-17(18)12-21(22)27(31)40/h4-8,10,12-15H,9,11,16H2,1-3H3,(H2,31,40)(H3,32,33,34,35,36). The van der Waals surface area contributed by atoms with E-state index in [1.807, 2.05) is 67.5 Å². The summed E-state index contributed by atoms with van der Waals surface area (Å²) in [6.45, 7) is 0.935. The van der Waals surface area contributed by atoms with Crippen LogP contribution < -0.4 is 26.0 Å². The number of fused-ring (bicyclic) bond motifs is 3. The van der Waals surface area contributed by atoms with Crippen molar-refractivity contribution in [2.45, 2.75) is 6.42 Å². The largest absolute Gasteiger partial charge is 0.495 e. The Morgan fingerprint density at radius 2 is 1.85 bits per heavy atom. The number of aromatic nitrogens is 3. The number of nitrogens with zero attached hydrogens (tertiary/aromatic N) is 4. The van der Waals surface area contributed by atoms with Crippen LogP contribution in [0.2, 0.25) is 0 Å². The summed E-state index contributed by atoms with van der Waals surface area (Å²) in [5.41, 5.74) is 9.89. The molecule has 0 aromatic heterocycles. The van der Waals surface area contributed by atoms with E-state index in [-0.39, 0.29) is 5.91 Å². The van der Waals surface area contributed by atoms with Gasteiger partial charge in [-0.1, -0.05) is 24.3 Å². The molecular formula is C30H30N8O3. The first kappa shape index (κ1) is 26.1. The average Bonchev–Trinajstić information content (AvgIpc) is 3.59. The SMILES string of the molecule is COc1cc2c(cc1Nc1nc(Nc3cc4ccccc4cc3C(N)=O)c3ccnc-3[nH]1)N(C(=O)CN(C)C)CC2. The maximum atomic E-state index is 12.9. The van der Waals surface area contributed by atoms with Crippen molar-refractivity contribution in [1.29, 1.82) is 0 Å². The van der Waals surface area contributed by atoms with Gasteiger partial charge in [-0.15, -0.1) is 0 Å². The van der Waals surface area contributed by atoms with Crippen LogP contribution >= 0.6 is 0 Å². The average molecular weight is 551 g/mol. The number of hydrogen-bond acceptors (Lipinski definition) is 8. The maximum Gasteiger partial charge on any atom is 0.250 e. The highest BCUT2D eigenvalue weighted by atomic mass is 16.5. The summed E-state index contributed by atoms with van der Waals surface area (Å²) < 4.78 is 5.69. The first-order valence-electron chi connectivity index (χ1n) is 13.2. The van der Waals surface area contributed by atoms with Crippen LogP contribution in [0.4, 0.5) is 28.8 Å². The second-order valence-electron chi connectivity index (χ2n) is 10.2. The Labute approximate surface area is 236 Å². The van der Waals surface area contributed by atoms with E-state index in [1.165, 1.54) is 0 Å². The molecule has 0 saturated heterocycles. The predicted molar refractivity (Wildman–Crippen MR) is 160 cm³/mol. The number of amides is 2. The van der Waals surface area contributed by atoms with Crippen molar-refractivity contribution in [2.75, 3.05) is 49.8 Å². The van der Waals surface area contributed by atoms with Gasteiger partial charge >= 0.3 is 0 Å². The fourth-order valence-electron chi connectivity index (χ4n) is 5.19. The molecule has 0 radical (unpaired) electrons. The number of nitrogens with one attached hydrogen (secondary N) is 3. The van der Waals surface area contributed by atoms with Gasteiger partial charge in [-0.05, 0) is 67.2 Å². The second kappa shape index (κ2) is 10.4. The van der Waals surface area contributed by atoms with Gasteiger partial charge in [0.15, 0.2) is 0 Å². The quantitative estimate of drug-likeness (QED) is 0.226. The van der Waals surface area contributed by atoms with Crippen molar-refractivity contribution in [3.8, 4) is 17.1 Å². The Balaban J connectivity index is 1.38. The van der Waals surface area contributed by atoms with Crippen LogP contribution in [-0.2, 0) is 11.2 Å². The van der Waals surface area contributed by atoms with Gasteiger partial charge in [-0.2, -0.15) is 4.98 Å². The summed E-state index contributed by atoms with van der Waals surface area (Å²) in [5, 5.41) is 8.49. The van der Waals surface area contributed by atoms with E-state index in [4.69, 9.17) is 15.5 Å². The highest BCUT2D eigenvalue weighted by Crippen LogP contribution is 2.39. The lowest BCUT2D eigenvalue weighted by Crippen LogP contribution is -2.36. The number of nitrogens with two attached hydrogens (primary N) is 1. The Hall–Kier alpha value is -5.16. The molecule has 3 aromatic carbocycles. The minimum Gasteiger partial charge on any atom is -0.495 e. The number of anilines is 5. The van der Waals surface area contributed by atoms with E-state index >= 15 is 0 Å². The number of ether oxygens (including phenoxy) is 1. The van der Waals surface area contributed by atoms with Gasteiger partial charge in [-0.25, -0.2) is 4.98 Å². The minimum absolute atomic E-state index is 0.0316. The van der Waals surface area contributed by atoms with Gasteiger partial charge < -0.3 is 35.9 Å². The van der Waals surface area contributed by atoms with Crippen LogP contribution in [-0.4, -0.2) is 66.0 Å². The lowest BCUT2D eigenvalue weighted by molar-refractivity contribution is -0.119. The summed E-state index contributed by atoms with van der Waals surface area (Å²) in [6, 6.07) is 17.1. The lowest BCUT2D eigenvalue weighted by Gasteiger charge is -2.21. The van der Waals surface area contributed by atoms with Crippen molar-refractivity contribution < 1.29 is 14.3 Å². The highest BCUT2D eigenvalue weighted by Gasteiger charge is 2.27. The molecule has 3 aromatic rings. The smallest absolute Gasteiger partial charge is 0.250 e. The number of hydrogen-bond donors (Lipinski definition) is 4. The third kappa shape index (κ3) is 4.98. The van der Waals surface area contributed by atoms with Gasteiger partial charge in [0.2, 0.25) is 11.9 Å². The molecule has 0 atom stereocenters. The molecule has 0 saturated carbocycles. The van der Waals surface area contributed by atoms with Gasteiger partial charge in [0.05, 0.1) is 36.2 Å². The number of rotatable bonds is 8. The zero-order chi connectivity index (χ0) is 28.7. The number of H-pyrrole nitrogens is 1. The molecule has 6 rings (SSSR count). The number of carbonyl (C=O) groups is 2. The zero-order valence-corrected chi connectivity index (χ0v) is 23.0.